The summed E-state index contributed by atoms with van der Waals surface area (Å²) < 4.78 is 0. The number of allylic oxidation sites excluding steroid dienone is 1. The summed E-state index contributed by atoms with van der Waals surface area (Å²) in [6.45, 7) is 6.37. The van der Waals surface area contributed by atoms with Gasteiger partial charge in [0.2, 0.25) is 5.91 Å². The number of nitrogens with one attached hydrogen (secondary N) is 1. The normalized spacial score (nSPS) is 14.8. The molecule has 0 atom stereocenters. The summed E-state index contributed by atoms with van der Waals surface area (Å²) in [6, 6.07) is 10.3. The number of rotatable bonds is 4. The first-order chi connectivity index (χ1) is 9.47. The van der Waals surface area contributed by atoms with E-state index in [0.717, 1.165) is 18.5 Å². The van der Waals surface area contributed by atoms with Gasteiger partial charge in [0, 0.05) is 36.7 Å². The average Bonchev–Trinajstić information content (AvgIpc) is 2.83. The molecule has 0 aromatic heterocycles. The summed E-state index contributed by atoms with van der Waals surface area (Å²) in [5, 5.41) is 3.00. The van der Waals surface area contributed by atoms with E-state index in [1.54, 1.807) is 0 Å². The Balaban J connectivity index is 2.00. The first kappa shape index (κ1) is 14.5. The van der Waals surface area contributed by atoms with Crippen LogP contribution in [0.3, 0.4) is 0 Å². The lowest BCUT2D eigenvalue weighted by molar-refractivity contribution is -0.128. The lowest BCUT2D eigenvalue weighted by atomic mass is 9.95. The van der Waals surface area contributed by atoms with E-state index in [9.17, 15) is 4.79 Å². The number of nitrogens with zero attached hydrogens (tertiary/aromatic N) is 1. The molecule has 0 saturated heterocycles. The molecule has 20 heavy (non-hydrogen) atoms. The molecule has 1 N–H and O–H groups in total. The van der Waals surface area contributed by atoms with Crippen molar-refractivity contribution in [1.82, 2.24) is 5.32 Å². The topological polar surface area (TPSA) is 41.5 Å². The lowest BCUT2D eigenvalue weighted by Crippen LogP contribution is -2.36. The third-order valence-electron chi connectivity index (χ3n) is 3.35. The first-order valence-electron chi connectivity index (χ1n) is 7.02. The van der Waals surface area contributed by atoms with Crippen LogP contribution in [0.4, 0.5) is 0 Å². The Morgan fingerprint density at radius 2 is 1.95 bits per heavy atom. The molecule has 106 valence electrons. The van der Waals surface area contributed by atoms with E-state index in [1.165, 1.54) is 11.1 Å². The molecule has 0 spiro atoms. The minimum Gasteiger partial charge on any atom is -0.352 e. The fraction of sp³-hybridized carbons (Fsp3) is 0.412. The highest BCUT2D eigenvalue weighted by molar-refractivity contribution is 5.81. The molecule has 0 radical (unpaired) electrons. The van der Waals surface area contributed by atoms with E-state index in [-0.39, 0.29) is 11.3 Å². The van der Waals surface area contributed by atoms with Gasteiger partial charge in [0.1, 0.15) is 0 Å². The van der Waals surface area contributed by atoms with Gasteiger partial charge in [0.05, 0.1) is 0 Å². The molecule has 1 heterocycles. The Bertz CT molecular complexity index is 536. The van der Waals surface area contributed by atoms with Crippen molar-refractivity contribution < 1.29 is 4.79 Å². The van der Waals surface area contributed by atoms with Gasteiger partial charge in [-0.3, -0.25) is 9.79 Å². The zero-order chi connectivity index (χ0) is 14.6. The number of amides is 1. The van der Waals surface area contributed by atoms with Crippen molar-refractivity contribution in [2.75, 3.05) is 6.54 Å². The lowest BCUT2D eigenvalue weighted by Gasteiger charge is -2.18. The molecule has 0 aliphatic carbocycles. The molecule has 0 fully saturated rings. The molecule has 0 bridgehead atoms. The summed E-state index contributed by atoms with van der Waals surface area (Å²) in [7, 11) is 0. The van der Waals surface area contributed by atoms with E-state index >= 15 is 0 Å². The van der Waals surface area contributed by atoms with Crippen LogP contribution in [0.1, 0.15) is 32.8 Å². The van der Waals surface area contributed by atoms with E-state index in [4.69, 9.17) is 0 Å². The van der Waals surface area contributed by atoms with Crippen LogP contribution in [-0.2, 0) is 11.2 Å². The smallest absolute Gasteiger partial charge is 0.225 e. The predicted molar refractivity (Wildman–Crippen MR) is 82.7 cm³/mol. The van der Waals surface area contributed by atoms with Crippen molar-refractivity contribution in [3.8, 4) is 0 Å². The predicted octanol–water partition coefficient (Wildman–Crippen LogP) is 3.12. The van der Waals surface area contributed by atoms with Crippen LogP contribution in [0.2, 0.25) is 0 Å². The highest BCUT2D eigenvalue weighted by atomic mass is 16.2. The third-order valence-corrected chi connectivity index (χ3v) is 3.35. The monoisotopic (exact) mass is 270 g/mol. The highest BCUT2D eigenvalue weighted by Crippen LogP contribution is 2.20. The Morgan fingerprint density at radius 1 is 1.25 bits per heavy atom. The van der Waals surface area contributed by atoms with Crippen LogP contribution in [0.15, 0.2) is 46.6 Å². The largest absolute Gasteiger partial charge is 0.352 e. The van der Waals surface area contributed by atoms with E-state index in [2.05, 4.69) is 22.4 Å². The number of carbonyl (C=O) groups excluding carboxylic acids is 1. The summed E-state index contributed by atoms with van der Waals surface area (Å²) in [6.07, 6.45) is 3.60. The van der Waals surface area contributed by atoms with Gasteiger partial charge in [-0.15, -0.1) is 0 Å². The molecule has 1 amide bonds. The van der Waals surface area contributed by atoms with Crippen molar-refractivity contribution in [3.05, 3.63) is 47.2 Å². The Morgan fingerprint density at radius 3 is 2.60 bits per heavy atom. The van der Waals surface area contributed by atoms with E-state index < -0.39 is 0 Å². The van der Waals surface area contributed by atoms with Crippen molar-refractivity contribution >= 4 is 12.1 Å². The minimum atomic E-state index is -0.348. The van der Waals surface area contributed by atoms with Gasteiger partial charge in [-0.2, -0.15) is 0 Å². The standard InChI is InChI=1S/C17H22N2O/c1-17(2,3)16(20)19-12-14-9-10-18-15(14)11-13-7-5-4-6-8-13/h4-8,10H,9,11-12H2,1-3H3,(H,19,20). The maximum absolute atomic E-state index is 11.9. The average molecular weight is 270 g/mol. The van der Waals surface area contributed by atoms with Gasteiger partial charge < -0.3 is 5.32 Å². The van der Waals surface area contributed by atoms with Gasteiger partial charge in [0.25, 0.3) is 0 Å². The summed E-state index contributed by atoms with van der Waals surface area (Å²) in [5.41, 5.74) is 3.21. The number of aliphatic imine (C=N–C) groups is 1. The molecule has 1 aliphatic heterocycles. The Labute approximate surface area is 120 Å². The third kappa shape index (κ3) is 3.80. The summed E-state index contributed by atoms with van der Waals surface area (Å²) >= 11 is 0. The van der Waals surface area contributed by atoms with Crippen molar-refractivity contribution in [3.63, 3.8) is 0 Å². The molecule has 0 saturated carbocycles. The molecule has 3 heteroatoms. The van der Waals surface area contributed by atoms with Gasteiger partial charge in [0.15, 0.2) is 0 Å². The van der Waals surface area contributed by atoms with Crippen molar-refractivity contribution in [1.29, 1.82) is 0 Å². The van der Waals surface area contributed by atoms with Gasteiger partial charge in [-0.05, 0) is 11.1 Å². The Kier molecular flexibility index (Phi) is 4.38. The van der Waals surface area contributed by atoms with E-state index in [0.29, 0.717) is 6.54 Å². The molecular weight excluding hydrogens is 248 g/mol. The number of hydrogen-bond donors (Lipinski definition) is 1. The molecule has 2 rings (SSSR count). The fourth-order valence-electron chi connectivity index (χ4n) is 2.06. The maximum Gasteiger partial charge on any atom is 0.225 e. The quantitative estimate of drug-likeness (QED) is 0.897. The second-order valence-corrected chi connectivity index (χ2v) is 6.16. The molecule has 1 aromatic rings. The second kappa shape index (κ2) is 6.04. The van der Waals surface area contributed by atoms with Gasteiger partial charge in [-0.25, -0.2) is 0 Å². The fourth-order valence-corrected chi connectivity index (χ4v) is 2.06. The van der Waals surface area contributed by atoms with Crippen LogP contribution in [0.25, 0.3) is 0 Å². The molecule has 1 aliphatic rings. The Hall–Kier alpha value is -1.90. The van der Waals surface area contributed by atoms with Crippen LogP contribution < -0.4 is 5.32 Å². The molecule has 1 aromatic carbocycles. The van der Waals surface area contributed by atoms with Crippen LogP contribution in [0, 0.1) is 5.41 Å². The van der Waals surface area contributed by atoms with Crippen LogP contribution in [-0.4, -0.2) is 18.7 Å². The zero-order valence-electron chi connectivity index (χ0n) is 12.4. The molecule has 0 unspecified atom stereocenters. The first-order valence-corrected chi connectivity index (χ1v) is 7.02. The highest BCUT2D eigenvalue weighted by Gasteiger charge is 2.21. The maximum atomic E-state index is 11.9. The number of hydrogen-bond acceptors (Lipinski definition) is 2. The number of benzene rings is 1. The second-order valence-electron chi connectivity index (χ2n) is 6.16. The van der Waals surface area contributed by atoms with Gasteiger partial charge in [-0.1, -0.05) is 51.1 Å². The van der Waals surface area contributed by atoms with Crippen molar-refractivity contribution in [2.45, 2.75) is 33.6 Å². The number of carbonyl (C=O) groups is 1. The van der Waals surface area contributed by atoms with Crippen LogP contribution >= 0.6 is 0 Å². The summed E-state index contributed by atoms with van der Waals surface area (Å²) in [5.74, 6) is 0.0796. The zero-order valence-corrected chi connectivity index (χ0v) is 12.4. The SMILES string of the molecule is CC(C)(C)C(=O)NCC1=C(Cc2ccccc2)N=CC1. The van der Waals surface area contributed by atoms with Crippen LogP contribution in [0.5, 0.6) is 0 Å². The van der Waals surface area contributed by atoms with E-state index in [1.807, 2.05) is 45.2 Å². The van der Waals surface area contributed by atoms with Gasteiger partial charge >= 0.3 is 0 Å². The molecule has 3 nitrogen and oxygen atoms in total. The minimum absolute atomic E-state index is 0.0796. The van der Waals surface area contributed by atoms with Crippen molar-refractivity contribution in [2.24, 2.45) is 10.4 Å². The molecular formula is C17H22N2O. The summed E-state index contributed by atoms with van der Waals surface area (Å²) in [4.78, 5) is 16.4.